The quantitative estimate of drug-likeness (QED) is 0.879. The van der Waals surface area contributed by atoms with Gasteiger partial charge in [0.1, 0.15) is 17.3 Å². The number of hydrogen-bond donors (Lipinski definition) is 2. The number of halogens is 1. The van der Waals surface area contributed by atoms with Gasteiger partial charge in [0.2, 0.25) is 0 Å². The van der Waals surface area contributed by atoms with E-state index in [4.69, 9.17) is 5.73 Å². The summed E-state index contributed by atoms with van der Waals surface area (Å²) in [6, 6.07) is 5.84. The third-order valence-electron chi connectivity index (χ3n) is 2.56. The van der Waals surface area contributed by atoms with E-state index in [0.29, 0.717) is 0 Å². The van der Waals surface area contributed by atoms with Crippen LogP contribution in [0.5, 0.6) is 0 Å². The van der Waals surface area contributed by atoms with Gasteiger partial charge in [-0.15, -0.1) is 5.10 Å². The molecular weight excluding hydrogens is 271 g/mol. The highest BCUT2D eigenvalue weighted by Gasteiger charge is 2.24. The molecular formula is C11H13FN4O2S. The van der Waals surface area contributed by atoms with Gasteiger partial charge in [0.05, 0.1) is 0 Å². The van der Waals surface area contributed by atoms with Crippen LogP contribution in [0.1, 0.15) is 0 Å². The summed E-state index contributed by atoms with van der Waals surface area (Å²) in [5.74, 6) is -0.584. The Hall–Kier alpha value is -2.09. The first-order chi connectivity index (χ1) is 8.86. The first-order valence-electron chi connectivity index (χ1n) is 5.37. The topological polar surface area (TPSA) is 90.0 Å². The molecule has 0 aliphatic carbocycles. The summed E-state index contributed by atoms with van der Waals surface area (Å²) in [5, 5.41) is 6.63. The summed E-state index contributed by atoms with van der Waals surface area (Å²) in [5.41, 5.74) is 5.87. The highest BCUT2D eigenvalue weighted by Crippen LogP contribution is 2.29. The number of para-hydroxylation sites is 1. The number of anilines is 2. The maximum Gasteiger partial charge on any atom is 0.182 e. The average Bonchev–Trinajstić information content (AvgIpc) is 2.66. The van der Waals surface area contributed by atoms with Crippen LogP contribution in [0, 0.1) is 5.82 Å². The van der Waals surface area contributed by atoms with E-state index in [1.807, 2.05) is 0 Å². The fraction of sp³-hybridized carbons (Fsp3) is 0.182. The Morgan fingerprint density at radius 2 is 2.00 bits per heavy atom. The van der Waals surface area contributed by atoms with Gasteiger partial charge in [0.15, 0.2) is 20.6 Å². The van der Waals surface area contributed by atoms with Crippen LogP contribution < -0.4 is 11.1 Å². The van der Waals surface area contributed by atoms with E-state index in [0.717, 1.165) is 10.9 Å². The zero-order chi connectivity index (χ0) is 14.2. The molecule has 8 heteroatoms. The van der Waals surface area contributed by atoms with Crippen molar-refractivity contribution in [2.24, 2.45) is 0 Å². The minimum Gasteiger partial charge on any atom is -0.382 e. The molecule has 0 radical (unpaired) electrons. The van der Waals surface area contributed by atoms with Crippen LogP contribution in [0.15, 0.2) is 29.2 Å². The molecule has 0 aliphatic heterocycles. The SMILES string of the molecule is CNc1nn(-c2ccccc2F)c(N)c1S(C)(=O)=O. The van der Waals surface area contributed by atoms with E-state index in [2.05, 4.69) is 10.4 Å². The number of nitrogens with two attached hydrogens (primary N) is 1. The molecule has 19 heavy (non-hydrogen) atoms. The van der Waals surface area contributed by atoms with E-state index in [1.54, 1.807) is 6.07 Å². The van der Waals surface area contributed by atoms with Crippen LogP contribution in [0.3, 0.4) is 0 Å². The first kappa shape index (κ1) is 13.3. The lowest BCUT2D eigenvalue weighted by Crippen LogP contribution is -2.07. The molecule has 0 atom stereocenters. The van der Waals surface area contributed by atoms with Crippen molar-refractivity contribution in [2.45, 2.75) is 4.90 Å². The standard InChI is InChI=1S/C11H13FN4O2S/c1-14-11-9(19(2,17)18)10(13)16(15-11)8-6-4-3-5-7(8)12/h3-6H,13H2,1-2H3,(H,14,15). The van der Waals surface area contributed by atoms with Gasteiger partial charge in [-0.25, -0.2) is 17.5 Å². The zero-order valence-corrected chi connectivity index (χ0v) is 11.2. The maximum absolute atomic E-state index is 13.7. The molecule has 0 aliphatic rings. The Labute approximate surface area is 110 Å². The van der Waals surface area contributed by atoms with Crippen molar-refractivity contribution in [2.75, 3.05) is 24.4 Å². The second-order valence-corrected chi connectivity index (χ2v) is 5.90. The van der Waals surface area contributed by atoms with E-state index < -0.39 is 15.7 Å². The molecule has 0 unspecified atom stereocenters. The van der Waals surface area contributed by atoms with Gasteiger partial charge in [-0.3, -0.25) is 0 Å². The summed E-state index contributed by atoms with van der Waals surface area (Å²) in [4.78, 5) is -0.141. The normalized spacial score (nSPS) is 11.5. The number of rotatable bonds is 3. The summed E-state index contributed by atoms with van der Waals surface area (Å²) in [6.45, 7) is 0. The van der Waals surface area contributed by atoms with Crippen LogP contribution in [-0.2, 0) is 9.84 Å². The number of nitrogens with zero attached hydrogens (tertiary/aromatic N) is 2. The van der Waals surface area contributed by atoms with Crippen LogP contribution in [0.25, 0.3) is 5.69 Å². The molecule has 0 saturated heterocycles. The molecule has 0 spiro atoms. The maximum atomic E-state index is 13.7. The smallest absolute Gasteiger partial charge is 0.182 e. The van der Waals surface area contributed by atoms with Gasteiger partial charge in [-0.2, -0.15) is 0 Å². The van der Waals surface area contributed by atoms with Crippen LogP contribution in [0.4, 0.5) is 16.0 Å². The second-order valence-electron chi connectivity index (χ2n) is 3.95. The summed E-state index contributed by atoms with van der Waals surface area (Å²) < 4.78 is 38.2. The summed E-state index contributed by atoms with van der Waals surface area (Å²) in [6.07, 6.45) is 1.02. The van der Waals surface area contributed by atoms with Gasteiger partial charge in [0, 0.05) is 13.3 Å². The van der Waals surface area contributed by atoms with E-state index >= 15 is 0 Å². The van der Waals surface area contributed by atoms with Gasteiger partial charge < -0.3 is 11.1 Å². The van der Waals surface area contributed by atoms with Gasteiger partial charge in [-0.05, 0) is 12.1 Å². The molecule has 1 aromatic heterocycles. The summed E-state index contributed by atoms with van der Waals surface area (Å²) >= 11 is 0. The number of nitrogen functional groups attached to an aromatic ring is 1. The molecule has 3 N–H and O–H groups in total. The van der Waals surface area contributed by atoms with Crippen LogP contribution in [-0.4, -0.2) is 31.5 Å². The Kier molecular flexibility index (Phi) is 3.19. The lowest BCUT2D eigenvalue weighted by molar-refractivity contribution is 0.602. The van der Waals surface area contributed by atoms with Crippen molar-refractivity contribution >= 4 is 21.5 Å². The van der Waals surface area contributed by atoms with Gasteiger partial charge in [-0.1, -0.05) is 12.1 Å². The zero-order valence-electron chi connectivity index (χ0n) is 10.4. The molecule has 0 bridgehead atoms. The molecule has 0 amide bonds. The second kappa shape index (κ2) is 4.54. The Morgan fingerprint density at radius 1 is 1.37 bits per heavy atom. The molecule has 0 saturated carbocycles. The van der Waals surface area contributed by atoms with Crippen molar-refractivity contribution in [1.29, 1.82) is 0 Å². The van der Waals surface area contributed by atoms with Crippen molar-refractivity contribution in [3.05, 3.63) is 30.1 Å². The molecule has 2 aromatic rings. The molecule has 102 valence electrons. The van der Waals surface area contributed by atoms with Crippen LogP contribution >= 0.6 is 0 Å². The first-order valence-corrected chi connectivity index (χ1v) is 7.26. The predicted molar refractivity (Wildman–Crippen MR) is 70.6 cm³/mol. The third kappa shape index (κ3) is 2.26. The van der Waals surface area contributed by atoms with Crippen molar-refractivity contribution in [1.82, 2.24) is 9.78 Å². The van der Waals surface area contributed by atoms with Crippen molar-refractivity contribution < 1.29 is 12.8 Å². The van der Waals surface area contributed by atoms with E-state index in [-0.39, 0.29) is 22.2 Å². The number of nitrogens with one attached hydrogen (secondary N) is 1. The van der Waals surface area contributed by atoms with Crippen molar-refractivity contribution in [3.8, 4) is 5.69 Å². The van der Waals surface area contributed by atoms with Gasteiger partial charge >= 0.3 is 0 Å². The molecule has 0 fully saturated rings. The van der Waals surface area contributed by atoms with Crippen molar-refractivity contribution in [3.63, 3.8) is 0 Å². The third-order valence-corrected chi connectivity index (χ3v) is 3.71. The average molecular weight is 284 g/mol. The van der Waals surface area contributed by atoms with Crippen LogP contribution in [0.2, 0.25) is 0 Å². The minimum absolute atomic E-state index is 0.0863. The molecule has 6 nitrogen and oxygen atoms in total. The van der Waals surface area contributed by atoms with E-state index in [1.165, 1.54) is 25.2 Å². The fourth-order valence-corrected chi connectivity index (χ4v) is 2.71. The molecule has 1 aromatic carbocycles. The van der Waals surface area contributed by atoms with E-state index in [9.17, 15) is 12.8 Å². The minimum atomic E-state index is -3.57. The van der Waals surface area contributed by atoms with Gasteiger partial charge in [0.25, 0.3) is 0 Å². The predicted octanol–water partition coefficient (Wildman–Crippen LogP) is 1.04. The Bertz CT molecular complexity index is 724. The lowest BCUT2D eigenvalue weighted by atomic mass is 10.3. The number of hydrogen-bond acceptors (Lipinski definition) is 5. The number of aromatic nitrogens is 2. The monoisotopic (exact) mass is 284 g/mol. The highest BCUT2D eigenvalue weighted by atomic mass is 32.2. The lowest BCUT2D eigenvalue weighted by Gasteiger charge is -2.05. The Balaban J connectivity index is 2.75. The largest absolute Gasteiger partial charge is 0.382 e. The molecule has 2 rings (SSSR count). The molecule has 1 heterocycles. The highest BCUT2D eigenvalue weighted by molar-refractivity contribution is 7.91. The fourth-order valence-electron chi connectivity index (χ4n) is 1.75. The Morgan fingerprint density at radius 3 is 2.47 bits per heavy atom. The summed E-state index contributed by atoms with van der Waals surface area (Å²) in [7, 11) is -2.05. The number of sulfone groups is 1. The number of benzene rings is 1.